The van der Waals surface area contributed by atoms with Crippen molar-refractivity contribution >= 4 is 43.2 Å². The summed E-state index contributed by atoms with van der Waals surface area (Å²) in [5.41, 5.74) is 7.20. The molecule has 0 amide bonds. The summed E-state index contributed by atoms with van der Waals surface area (Å²) in [6.07, 6.45) is 0. The van der Waals surface area contributed by atoms with E-state index in [0.29, 0.717) is 6.54 Å². The van der Waals surface area contributed by atoms with Gasteiger partial charge < -0.3 is 5.73 Å². The minimum absolute atomic E-state index is 0.235. The maximum absolute atomic E-state index is 5.95. The first kappa shape index (κ1) is 15.2. The summed E-state index contributed by atoms with van der Waals surface area (Å²) in [6.45, 7) is 1.52. The number of halogens is 2. The lowest BCUT2D eigenvalue weighted by Gasteiger charge is -2.27. The van der Waals surface area contributed by atoms with E-state index in [2.05, 4.69) is 73.5 Å². The summed E-state index contributed by atoms with van der Waals surface area (Å²) in [4.78, 5) is 3.63. The van der Waals surface area contributed by atoms with Crippen LogP contribution in [-0.4, -0.2) is 18.5 Å². The molecular formula is C14H16Br2N2S. The molecule has 1 aromatic carbocycles. The Bertz CT molecular complexity index is 542. The molecule has 1 unspecified atom stereocenters. The first-order valence-electron chi connectivity index (χ1n) is 5.99. The van der Waals surface area contributed by atoms with Crippen molar-refractivity contribution in [1.82, 2.24) is 4.90 Å². The van der Waals surface area contributed by atoms with Gasteiger partial charge in [0.1, 0.15) is 0 Å². The Labute approximate surface area is 134 Å². The van der Waals surface area contributed by atoms with Crippen molar-refractivity contribution in [3.63, 3.8) is 0 Å². The second-order valence-corrected chi connectivity index (χ2v) is 7.28. The van der Waals surface area contributed by atoms with Crippen LogP contribution < -0.4 is 5.73 Å². The summed E-state index contributed by atoms with van der Waals surface area (Å²) in [7, 11) is 2.12. The number of thiophene rings is 1. The highest BCUT2D eigenvalue weighted by atomic mass is 79.9. The zero-order valence-electron chi connectivity index (χ0n) is 10.6. The van der Waals surface area contributed by atoms with Gasteiger partial charge in [-0.25, -0.2) is 0 Å². The van der Waals surface area contributed by atoms with Crippen LogP contribution in [-0.2, 0) is 6.54 Å². The van der Waals surface area contributed by atoms with Gasteiger partial charge in [-0.15, -0.1) is 11.3 Å². The molecule has 2 aromatic rings. The highest BCUT2D eigenvalue weighted by molar-refractivity contribution is 9.10. The van der Waals surface area contributed by atoms with Crippen LogP contribution in [0.2, 0.25) is 0 Å². The van der Waals surface area contributed by atoms with Gasteiger partial charge in [-0.2, -0.15) is 0 Å². The molecule has 0 saturated carbocycles. The fourth-order valence-electron chi connectivity index (χ4n) is 2.08. The number of hydrogen-bond donors (Lipinski definition) is 1. The number of benzene rings is 1. The lowest BCUT2D eigenvalue weighted by Crippen LogP contribution is -2.29. The number of nitrogens with two attached hydrogens (primary N) is 1. The average Bonchev–Trinajstić information content (AvgIpc) is 2.75. The highest BCUT2D eigenvalue weighted by Crippen LogP contribution is 2.26. The molecule has 2 rings (SSSR count). The molecule has 0 spiro atoms. The molecule has 0 bridgehead atoms. The van der Waals surface area contributed by atoms with E-state index >= 15 is 0 Å². The van der Waals surface area contributed by atoms with Crippen molar-refractivity contribution < 1.29 is 0 Å². The summed E-state index contributed by atoms with van der Waals surface area (Å²) < 4.78 is 2.24. The van der Waals surface area contributed by atoms with Crippen LogP contribution in [0.4, 0.5) is 0 Å². The van der Waals surface area contributed by atoms with E-state index in [1.807, 2.05) is 6.07 Å². The minimum atomic E-state index is 0.235. The largest absolute Gasteiger partial charge is 0.329 e. The normalized spacial score (nSPS) is 12.9. The van der Waals surface area contributed by atoms with E-state index in [-0.39, 0.29) is 6.04 Å². The van der Waals surface area contributed by atoms with Crippen LogP contribution in [0.5, 0.6) is 0 Å². The topological polar surface area (TPSA) is 29.3 Å². The minimum Gasteiger partial charge on any atom is -0.329 e. The Kier molecular flexibility index (Phi) is 5.59. The molecule has 1 aromatic heterocycles. The van der Waals surface area contributed by atoms with Crippen LogP contribution in [0.25, 0.3) is 0 Å². The number of nitrogens with zero attached hydrogens (tertiary/aromatic N) is 1. The predicted octanol–water partition coefficient (Wildman–Crippen LogP) is 4.40. The standard InChI is InChI=1S/C14H16Br2N2S/c1-18(8-13-6-12(16)9-19-13)14(7-17)10-3-2-4-11(15)5-10/h2-6,9,14H,7-8,17H2,1H3. The van der Waals surface area contributed by atoms with E-state index in [0.717, 1.165) is 15.5 Å². The third-order valence-corrected chi connectivity index (χ3v) is 5.19. The lowest BCUT2D eigenvalue weighted by molar-refractivity contribution is 0.244. The van der Waals surface area contributed by atoms with Gasteiger partial charge in [0.15, 0.2) is 0 Å². The van der Waals surface area contributed by atoms with Crippen molar-refractivity contribution in [3.05, 3.63) is 55.1 Å². The average molecular weight is 404 g/mol. The zero-order chi connectivity index (χ0) is 13.8. The van der Waals surface area contributed by atoms with Crippen LogP contribution >= 0.6 is 43.2 Å². The SMILES string of the molecule is CN(Cc1cc(Br)cs1)C(CN)c1cccc(Br)c1. The molecular weight excluding hydrogens is 388 g/mol. The molecule has 19 heavy (non-hydrogen) atoms. The molecule has 102 valence electrons. The smallest absolute Gasteiger partial charge is 0.0471 e. The molecule has 5 heteroatoms. The Morgan fingerprint density at radius 2 is 2.05 bits per heavy atom. The van der Waals surface area contributed by atoms with Gasteiger partial charge in [-0.1, -0.05) is 28.1 Å². The Hall–Kier alpha value is -0.200. The van der Waals surface area contributed by atoms with Gasteiger partial charge in [0.2, 0.25) is 0 Å². The molecule has 1 heterocycles. The lowest BCUT2D eigenvalue weighted by atomic mass is 10.1. The molecule has 1 atom stereocenters. The molecule has 2 nitrogen and oxygen atoms in total. The van der Waals surface area contributed by atoms with Gasteiger partial charge in [0.25, 0.3) is 0 Å². The van der Waals surface area contributed by atoms with Crippen LogP contribution in [0.15, 0.2) is 44.7 Å². The van der Waals surface area contributed by atoms with Crippen molar-refractivity contribution in [2.75, 3.05) is 13.6 Å². The van der Waals surface area contributed by atoms with Crippen molar-refractivity contribution in [2.45, 2.75) is 12.6 Å². The third-order valence-electron chi connectivity index (χ3n) is 3.02. The summed E-state index contributed by atoms with van der Waals surface area (Å²) in [6, 6.07) is 10.8. The Morgan fingerprint density at radius 1 is 1.26 bits per heavy atom. The van der Waals surface area contributed by atoms with Crippen LogP contribution in [0.3, 0.4) is 0 Å². The van der Waals surface area contributed by atoms with Crippen molar-refractivity contribution in [3.8, 4) is 0 Å². The molecule has 0 saturated heterocycles. The summed E-state index contributed by atoms with van der Waals surface area (Å²) >= 11 is 8.77. The maximum atomic E-state index is 5.95. The number of likely N-dealkylation sites (N-methyl/N-ethyl adjacent to an activating group) is 1. The maximum Gasteiger partial charge on any atom is 0.0471 e. The monoisotopic (exact) mass is 402 g/mol. The summed E-state index contributed by atoms with van der Waals surface area (Å²) in [5, 5.41) is 2.11. The van der Waals surface area contributed by atoms with Gasteiger partial charge in [-0.3, -0.25) is 4.90 Å². The first-order chi connectivity index (χ1) is 9.10. The van der Waals surface area contributed by atoms with Gasteiger partial charge in [0.05, 0.1) is 0 Å². The van der Waals surface area contributed by atoms with Crippen molar-refractivity contribution in [2.24, 2.45) is 5.73 Å². The second-order valence-electron chi connectivity index (χ2n) is 4.45. The highest BCUT2D eigenvalue weighted by Gasteiger charge is 2.16. The zero-order valence-corrected chi connectivity index (χ0v) is 14.6. The van der Waals surface area contributed by atoms with E-state index in [9.17, 15) is 0 Å². The van der Waals surface area contributed by atoms with E-state index in [1.165, 1.54) is 10.4 Å². The molecule has 0 fully saturated rings. The van der Waals surface area contributed by atoms with E-state index in [4.69, 9.17) is 5.73 Å². The molecule has 0 aliphatic rings. The molecule has 0 aliphatic carbocycles. The van der Waals surface area contributed by atoms with Crippen LogP contribution in [0.1, 0.15) is 16.5 Å². The molecule has 0 aliphatic heterocycles. The van der Waals surface area contributed by atoms with Gasteiger partial charge in [-0.05, 0) is 46.7 Å². The number of hydrogen-bond acceptors (Lipinski definition) is 3. The number of rotatable bonds is 5. The molecule has 2 N–H and O–H groups in total. The quantitative estimate of drug-likeness (QED) is 0.801. The fraction of sp³-hybridized carbons (Fsp3) is 0.286. The van der Waals surface area contributed by atoms with Gasteiger partial charge in [0, 0.05) is 38.3 Å². The Balaban J connectivity index is 2.12. The van der Waals surface area contributed by atoms with E-state index < -0.39 is 0 Å². The van der Waals surface area contributed by atoms with Gasteiger partial charge >= 0.3 is 0 Å². The second kappa shape index (κ2) is 6.99. The first-order valence-corrected chi connectivity index (χ1v) is 8.45. The summed E-state index contributed by atoms with van der Waals surface area (Å²) in [5.74, 6) is 0. The Morgan fingerprint density at radius 3 is 2.63 bits per heavy atom. The third kappa shape index (κ3) is 4.13. The predicted molar refractivity (Wildman–Crippen MR) is 89.4 cm³/mol. The van der Waals surface area contributed by atoms with Crippen LogP contribution in [0, 0.1) is 0 Å². The van der Waals surface area contributed by atoms with Crippen molar-refractivity contribution in [1.29, 1.82) is 0 Å². The molecule has 0 radical (unpaired) electrons. The van der Waals surface area contributed by atoms with E-state index in [1.54, 1.807) is 11.3 Å². The fourth-order valence-corrected chi connectivity index (χ4v) is 4.01.